The number of rotatable bonds is 4. The number of hydrogen-bond donors (Lipinski definition) is 0. The Morgan fingerprint density at radius 2 is 1.40 bits per heavy atom. The van der Waals surface area contributed by atoms with Crippen LogP contribution in [0.4, 0.5) is 0 Å². The van der Waals surface area contributed by atoms with Crippen LogP contribution in [-0.4, -0.2) is 30.8 Å². The van der Waals surface area contributed by atoms with Crippen molar-refractivity contribution in [3.63, 3.8) is 0 Å². The fraction of sp³-hybridized carbons (Fsp3) is 0.600. The molecule has 5 nitrogen and oxygen atoms in total. The smallest absolute Gasteiger partial charge is 0.367 e. The quantitative estimate of drug-likeness (QED) is 0.585. The molecule has 5 heteroatoms. The van der Waals surface area contributed by atoms with E-state index in [1.807, 2.05) is 13.8 Å². The largest absolute Gasteiger partial charge is 0.465 e. The Hall–Kier alpha value is -1.78. The molecule has 0 amide bonds. The minimum atomic E-state index is -1.82. The van der Waals surface area contributed by atoms with E-state index < -0.39 is 17.5 Å². The highest BCUT2D eigenvalue weighted by atomic mass is 16.6. The van der Waals surface area contributed by atoms with Crippen LogP contribution in [0, 0.1) is 0 Å². The predicted molar refractivity (Wildman–Crippen MR) is 73.8 cm³/mol. The van der Waals surface area contributed by atoms with Gasteiger partial charge in [0.1, 0.15) is 0 Å². The van der Waals surface area contributed by atoms with Crippen LogP contribution in [0.1, 0.15) is 41.5 Å². The molecule has 20 heavy (non-hydrogen) atoms. The minimum Gasteiger partial charge on any atom is -0.465 e. The third-order valence-electron chi connectivity index (χ3n) is 3.61. The van der Waals surface area contributed by atoms with E-state index in [1.54, 1.807) is 27.7 Å². The Morgan fingerprint density at radius 1 is 0.950 bits per heavy atom. The van der Waals surface area contributed by atoms with E-state index in [2.05, 4.69) is 0 Å². The molecule has 0 bridgehead atoms. The van der Waals surface area contributed by atoms with Crippen LogP contribution in [0.2, 0.25) is 0 Å². The number of carbonyl (C=O) groups is 2. The molecule has 0 saturated heterocycles. The van der Waals surface area contributed by atoms with Gasteiger partial charge in [-0.05, 0) is 58.3 Å². The van der Waals surface area contributed by atoms with Crippen LogP contribution in [0.3, 0.4) is 0 Å². The summed E-state index contributed by atoms with van der Waals surface area (Å²) >= 11 is 0. The van der Waals surface area contributed by atoms with Crippen molar-refractivity contribution in [1.29, 1.82) is 0 Å². The number of hydrogen-bond acceptors (Lipinski definition) is 5. The normalized spacial score (nSPS) is 17.7. The molecule has 0 saturated carbocycles. The Kier molecular flexibility index (Phi) is 4.98. The van der Waals surface area contributed by atoms with Crippen LogP contribution in [0.25, 0.3) is 0 Å². The van der Waals surface area contributed by atoms with Crippen LogP contribution < -0.4 is 0 Å². The van der Waals surface area contributed by atoms with Crippen molar-refractivity contribution in [2.75, 3.05) is 13.2 Å². The van der Waals surface area contributed by atoms with Gasteiger partial charge in [-0.3, -0.25) is 0 Å². The van der Waals surface area contributed by atoms with E-state index in [9.17, 15) is 9.59 Å². The van der Waals surface area contributed by atoms with Gasteiger partial charge in [-0.25, -0.2) is 9.59 Å². The first-order valence-electron chi connectivity index (χ1n) is 6.72. The van der Waals surface area contributed by atoms with Crippen molar-refractivity contribution in [3.8, 4) is 0 Å². The molecule has 0 aliphatic carbocycles. The van der Waals surface area contributed by atoms with E-state index in [1.165, 1.54) is 0 Å². The average molecular weight is 282 g/mol. The van der Waals surface area contributed by atoms with Crippen LogP contribution in [0.5, 0.6) is 0 Å². The lowest BCUT2D eigenvalue weighted by Gasteiger charge is -2.36. The van der Waals surface area contributed by atoms with Gasteiger partial charge >= 0.3 is 17.5 Å². The maximum absolute atomic E-state index is 12.3. The van der Waals surface area contributed by atoms with Gasteiger partial charge in [-0.15, -0.1) is 0 Å². The molecule has 0 fully saturated rings. The van der Waals surface area contributed by atoms with E-state index in [-0.39, 0.29) is 13.2 Å². The van der Waals surface area contributed by atoms with Gasteiger partial charge in [-0.2, -0.15) is 0 Å². The SMILES string of the molecule is CCOC(=O)C1(C(=O)OCC)OC(C)=C(C)C(C)=C1C. The van der Waals surface area contributed by atoms with E-state index in [0.717, 1.165) is 11.1 Å². The Bertz CT molecular complexity index is 466. The lowest BCUT2D eigenvalue weighted by Crippen LogP contribution is -2.53. The van der Waals surface area contributed by atoms with Gasteiger partial charge in [0.2, 0.25) is 0 Å². The first-order chi connectivity index (χ1) is 9.32. The molecule has 1 aliphatic heterocycles. The lowest BCUT2D eigenvalue weighted by atomic mass is 9.85. The monoisotopic (exact) mass is 282 g/mol. The van der Waals surface area contributed by atoms with E-state index in [0.29, 0.717) is 11.3 Å². The average Bonchev–Trinajstić information content (AvgIpc) is 2.41. The fourth-order valence-electron chi connectivity index (χ4n) is 2.13. The van der Waals surface area contributed by atoms with Crippen molar-refractivity contribution in [2.24, 2.45) is 0 Å². The lowest BCUT2D eigenvalue weighted by molar-refractivity contribution is -0.181. The third-order valence-corrected chi connectivity index (χ3v) is 3.61. The number of allylic oxidation sites excluding steroid dienone is 3. The molecule has 0 spiro atoms. The third kappa shape index (κ3) is 2.44. The molecule has 0 N–H and O–H groups in total. The van der Waals surface area contributed by atoms with Crippen LogP contribution >= 0.6 is 0 Å². The minimum absolute atomic E-state index is 0.164. The topological polar surface area (TPSA) is 61.8 Å². The predicted octanol–water partition coefficient (Wildman–Crippen LogP) is 2.51. The number of esters is 2. The summed E-state index contributed by atoms with van der Waals surface area (Å²) in [5.74, 6) is -0.946. The maximum Gasteiger partial charge on any atom is 0.367 e. The summed E-state index contributed by atoms with van der Waals surface area (Å²) in [5, 5.41) is 0. The summed E-state index contributed by atoms with van der Waals surface area (Å²) in [4.78, 5) is 24.7. The molecule has 0 aromatic heterocycles. The zero-order valence-electron chi connectivity index (χ0n) is 13.0. The summed E-state index contributed by atoms with van der Waals surface area (Å²) in [6.45, 7) is 10.8. The van der Waals surface area contributed by atoms with Gasteiger partial charge in [0.15, 0.2) is 0 Å². The maximum atomic E-state index is 12.3. The zero-order valence-corrected chi connectivity index (χ0v) is 13.0. The van der Waals surface area contributed by atoms with E-state index >= 15 is 0 Å². The fourth-order valence-corrected chi connectivity index (χ4v) is 2.13. The second-order valence-corrected chi connectivity index (χ2v) is 4.66. The molecule has 0 atom stereocenters. The second-order valence-electron chi connectivity index (χ2n) is 4.66. The highest BCUT2D eigenvalue weighted by molar-refractivity contribution is 6.08. The summed E-state index contributed by atoms with van der Waals surface area (Å²) < 4.78 is 15.7. The highest BCUT2D eigenvalue weighted by Crippen LogP contribution is 2.38. The molecule has 0 unspecified atom stereocenters. The molecule has 0 aromatic rings. The number of carbonyl (C=O) groups excluding carboxylic acids is 2. The van der Waals surface area contributed by atoms with Crippen LogP contribution in [-0.2, 0) is 23.8 Å². The molecule has 1 rings (SSSR count). The summed E-state index contributed by atoms with van der Waals surface area (Å²) in [5.41, 5.74) is 0.443. The Balaban J connectivity index is 3.42. The summed E-state index contributed by atoms with van der Waals surface area (Å²) in [6.07, 6.45) is 0. The molecule has 0 radical (unpaired) electrons. The molecule has 0 aromatic carbocycles. The first kappa shape index (κ1) is 16.3. The number of ether oxygens (including phenoxy) is 3. The van der Waals surface area contributed by atoms with Crippen molar-refractivity contribution >= 4 is 11.9 Å². The standard InChI is InChI=1S/C15H22O5/c1-7-18-13(16)15(14(17)19-8-2)11(5)9(3)10(4)12(6)20-15/h7-8H2,1-6H3. The summed E-state index contributed by atoms with van der Waals surface area (Å²) in [6, 6.07) is 0. The van der Waals surface area contributed by atoms with Gasteiger partial charge < -0.3 is 14.2 Å². The van der Waals surface area contributed by atoms with Crippen LogP contribution in [0.15, 0.2) is 22.5 Å². The Morgan fingerprint density at radius 3 is 1.80 bits per heavy atom. The van der Waals surface area contributed by atoms with Gasteiger partial charge in [-0.1, -0.05) is 0 Å². The molecule has 1 aliphatic rings. The van der Waals surface area contributed by atoms with Crippen molar-refractivity contribution in [3.05, 3.63) is 22.5 Å². The highest BCUT2D eigenvalue weighted by Gasteiger charge is 2.56. The molecule has 1 heterocycles. The van der Waals surface area contributed by atoms with Gasteiger partial charge in [0, 0.05) is 0 Å². The van der Waals surface area contributed by atoms with Gasteiger partial charge in [0.25, 0.3) is 0 Å². The Labute approximate surface area is 119 Å². The first-order valence-corrected chi connectivity index (χ1v) is 6.72. The van der Waals surface area contributed by atoms with E-state index in [4.69, 9.17) is 14.2 Å². The second kappa shape index (κ2) is 6.11. The van der Waals surface area contributed by atoms with Crippen molar-refractivity contribution < 1.29 is 23.8 Å². The van der Waals surface area contributed by atoms with Crippen molar-refractivity contribution in [2.45, 2.75) is 47.1 Å². The van der Waals surface area contributed by atoms with Gasteiger partial charge in [0.05, 0.1) is 19.0 Å². The zero-order chi connectivity index (χ0) is 15.5. The molecular weight excluding hydrogens is 260 g/mol. The van der Waals surface area contributed by atoms with Crippen molar-refractivity contribution in [1.82, 2.24) is 0 Å². The molecular formula is C15H22O5. The molecule has 112 valence electrons. The summed E-state index contributed by atoms with van der Waals surface area (Å²) in [7, 11) is 0.